The van der Waals surface area contributed by atoms with Crippen LogP contribution in [-0.4, -0.2) is 32.6 Å². The van der Waals surface area contributed by atoms with E-state index in [9.17, 15) is 25.0 Å². The van der Waals surface area contributed by atoms with Crippen LogP contribution in [0.15, 0.2) is 30.5 Å². The molecule has 24 heavy (non-hydrogen) atoms. The molecule has 0 saturated carbocycles. The summed E-state index contributed by atoms with van der Waals surface area (Å²) in [6.45, 7) is 1.50. The van der Waals surface area contributed by atoms with Crippen molar-refractivity contribution in [3.63, 3.8) is 0 Å². The van der Waals surface area contributed by atoms with E-state index in [0.717, 1.165) is 10.9 Å². The molecule has 2 rings (SSSR count). The van der Waals surface area contributed by atoms with Crippen molar-refractivity contribution in [2.75, 3.05) is 12.4 Å². The van der Waals surface area contributed by atoms with Crippen LogP contribution in [0.1, 0.15) is 13.0 Å². The van der Waals surface area contributed by atoms with Crippen LogP contribution in [0.3, 0.4) is 0 Å². The number of carbonyl (C=O) groups excluding carboxylic acids is 1. The molecule has 0 aliphatic carbocycles. The van der Waals surface area contributed by atoms with Gasteiger partial charge in [0, 0.05) is 17.8 Å². The third-order valence-corrected chi connectivity index (χ3v) is 3.19. The smallest absolute Gasteiger partial charge is 0.350 e. The second-order valence-electron chi connectivity index (χ2n) is 4.73. The number of non-ortho nitro benzene ring substituents is 1. The van der Waals surface area contributed by atoms with E-state index in [0.29, 0.717) is 5.69 Å². The van der Waals surface area contributed by atoms with Gasteiger partial charge in [0.05, 0.1) is 17.0 Å². The molecule has 126 valence electrons. The predicted octanol–water partition coefficient (Wildman–Crippen LogP) is 1.91. The van der Waals surface area contributed by atoms with Crippen LogP contribution in [0.25, 0.3) is 0 Å². The third kappa shape index (κ3) is 3.45. The first kappa shape index (κ1) is 16.9. The van der Waals surface area contributed by atoms with Crippen molar-refractivity contribution in [2.24, 2.45) is 0 Å². The van der Waals surface area contributed by atoms with Crippen molar-refractivity contribution in [2.45, 2.75) is 13.0 Å². The van der Waals surface area contributed by atoms with E-state index in [4.69, 9.17) is 4.74 Å². The van der Waals surface area contributed by atoms with E-state index in [1.54, 1.807) is 0 Å². The minimum atomic E-state index is -0.859. The summed E-state index contributed by atoms with van der Waals surface area (Å²) in [5, 5.41) is 27.9. The minimum absolute atomic E-state index is 0.103. The molecule has 2 aromatic rings. The molecule has 11 heteroatoms. The van der Waals surface area contributed by atoms with E-state index in [1.807, 2.05) is 0 Å². The van der Waals surface area contributed by atoms with Gasteiger partial charge in [-0.3, -0.25) is 25.0 Å². The summed E-state index contributed by atoms with van der Waals surface area (Å²) in [5.41, 5.74) is -0.105. The van der Waals surface area contributed by atoms with Crippen molar-refractivity contribution in [3.8, 4) is 5.88 Å². The number of anilines is 1. The standard InChI is InChI=1S/C13H13N5O6/c1-8(16-7-11(18(22)23)13(15-16)24-2)12(19)14-9-3-5-10(6-4-9)17(20)21/h3-8H,1-2H3,(H,14,19). The van der Waals surface area contributed by atoms with Gasteiger partial charge in [-0.25, -0.2) is 4.68 Å². The number of benzene rings is 1. The van der Waals surface area contributed by atoms with E-state index in [1.165, 1.54) is 38.3 Å². The highest BCUT2D eigenvalue weighted by Gasteiger charge is 2.25. The number of nitro groups is 2. The van der Waals surface area contributed by atoms with Crippen LogP contribution >= 0.6 is 0 Å². The van der Waals surface area contributed by atoms with E-state index >= 15 is 0 Å². The van der Waals surface area contributed by atoms with Gasteiger partial charge < -0.3 is 10.1 Å². The number of nitro benzene ring substituents is 1. The summed E-state index contributed by atoms with van der Waals surface area (Å²) < 4.78 is 5.91. The number of methoxy groups -OCH3 is 1. The highest BCUT2D eigenvalue weighted by atomic mass is 16.6. The Kier molecular flexibility index (Phi) is 4.73. The fraction of sp³-hybridized carbons (Fsp3) is 0.231. The Hall–Kier alpha value is -3.50. The molecule has 0 saturated heterocycles. The normalized spacial score (nSPS) is 11.6. The quantitative estimate of drug-likeness (QED) is 0.627. The topological polar surface area (TPSA) is 142 Å². The van der Waals surface area contributed by atoms with Crippen molar-refractivity contribution in [3.05, 3.63) is 50.7 Å². The van der Waals surface area contributed by atoms with Crippen molar-refractivity contribution in [1.29, 1.82) is 0 Å². The Morgan fingerprint density at radius 2 is 1.88 bits per heavy atom. The Bertz CT molecular complexity index is 785. The molecule has 1 unspecified atom stereocenters. The number of hydrogen-bond donors (Lipinski definition) is 1. The molecule has 1 atom stereocenters. The van der Waals surface area contributed by atoms with Gasteiger partial charge in [-0.15, -0.1) is 5.10 Å². The number of nitrogens with zero attached hydrogens (tertiary/aromatic N) is 4. The molecule has 0 radical (unpaired) electrons. The number of aromatic nitrogens is 2. The summed E-state index contributed by atoms with van der Waals surface area (Å²) in [6.07, 6.45) is 1.10. The maximum absolute atomic E-state index is 12.2. The van der Waals surface area contributed by atoms with Crippen LogP contribution < -0.4 is 10.1 Å². The Labute approximate surface area is 135 Å². The third-order valence-electron chi connectivity index (χ3n) is 3.19. The van der Waals surface area contributed by atoms with Gasteiger partial charge >= 0.3 is 11.6 Å². The van der Waals surface area contributed by atoms with Crippen LogP contribution in [0.5, 0.6) is 5.88 Å². The fourth-order valence-electron chi connectivity index (χ4n) is 1.87. The molecule has 1 aromatic carbocycles. The SMILES string of the molecule is COc1nn(C(C)C(=O)Nc2ccc([N+](=O)[O-])cc2)cc1[N+](=O)[O-]. The average molecular weight is 335 g/mol. The molecular formula is C13H13N5O6. The van der Waals surface area contributed by atoms with E-state index in [2.05, 4.69) is 10.4 Å². The lowest BCUT2D eigenvalue weighted by molar-refractivity contribution is -0.385. The molecule has 1 amide bonds. The van der Waals surface area contributed by atoms with Gasteiger partial charge in [0.25, 0.3) is 5.69 Å². The lowest BCUT2D eigenvalue weighted by atomic mass is 10.2. The maximum atomic E-state index is 12.2. The fourth-order valence-corrected chi connectivity index (χ4v) is 1.87. The van der Waals surface area contributed by atoms with Crippen LogP contribution in [0.2, 0.25) is 0 Å². The molecule has 1 N–H and O–H groups in total. The minimum Gasteiger partial charge on any atom is -0.475 e. The monoisotopic (exact) mass is 335 g/mol. The molecule has 0 aliphatic rings. The summed E-state index contributed by atoms with van der Waals surface area (Å²) >= 11 is 0. The first-order valence-corrected chi connectivity index (χ1v) is 6.66. The number of nitrogens with one attached hydrogen (secondary N) is 1. The molecule has 0 fully saturated rings. The maximum Gasteiger partial charge on any atom is 0.350 e. The lowest BCUT2D eigenvalue weighted by Gasteiger charge is -2.12. The van der Waals surface area contributed by atoms with Gasteiger partial charge in [0.1, 0.15) is 12.2 Å². The van der Waals surface area contributed by atoms with Gasteiger partial charge in [0.15, 0.2) is 0 Å². The van der Waals surface area contributed by atoms with Crippen molar-refractivity contribution in [1.82, 2.24) is 9.78 Å². The summed E-state index contributed by atoms with van der Waals surface area (Å²) in [4.78, 5) is 32.4. The average Bonchev–Trinajstić information content (AvgIpc) is 2.99. The van der Waals surface area contributed by atoms with Crippen LogP contribution in [0, 0.1) is 20.2 Å². The molecule has 0 aliphatic heterocycles. The highest BCUT2D eigenvalue weighted by molar-refractivity contribution is 5.93. The lowest BCUT2D eigenvalue weighted by Crippen LogP contribution is -2.24. The molecular weight excluding hydrogens is 322 g/mol. The first-order chi connectivity index (χ1) is 11.3. The van der Waals surface area contributed by atoms with Crippen molar-refractivity contribution >= 4 is 23.0 Å². The summed E-state index contributed by atoms with van der Waals surface area (Å²) in [6, 6.07) is 4.41. The zero-order valence-electron chi connectivity index (χ0n) is 12.7. The predicted molar refractivity (Wildman–Crippen MR) is 81.9 cm³/mol. The second kappa shape index (κ2) is 6.73. The number of rotatable bonds is 6. The van der Waals surface area contributed by atoms with Gasteiger partial charge in [0.2, 0.25) is 5.91 Å². The zero-order valence-corrected chi connectivity index (χ0v) is 12.7. The molecule has 11 nitrogen and oxygen atoms in total. The highest BCUT2D eigenvalue weighted by Crippen LogP contribution is 2.26. The Balaban J connectivity index is 2.14. The van der Waals surface area contributed by atoms with Crippen LogP contribution in [-0.2, 0) is 4.79 Å². The molecule has 0 bridgehead atoms. The largest absolute Gasteiger partial charge is 0.475 e. The number of hydrogen-bond acceptors (Lipinski definition) is 7. The molecule has 0 spiro atoms. The summed E-state index contributed by atoms with van der Waals surface area (Å²) in [7, 11) is 1.24. The number of amides is 1. The number of carbonyl (C=O) groups is 1. The zero-order chi connectivity index (χ0) is 17.9. The first-order valence-electron chi connectivity index (χ1n) is 6.66. The summed E-state index contributed by atoms with van der Waals surface area (Å²) in [5.74, 6) is -0.695. The second-order valence-corrected chi connectivity index (χ2v) is 4.73. The molecule has 1 aromatic heterocycles. The molecule has 1 heterocycles. The van der Waals surface area contributed by atoms with Crippen molar-refractivity contribution < 1.29 is 19.4 Å². The number of ether oxygens (including phenoxy) is 1. The van der Waals surface area contributed by atoms with Gasteiger partial charge in [-0.1, -0.05) is 0 Å². The van der Waals surface area contributed by atoms with Gasteiger partial charge in [-0.05, 0) is 19.1 Å². The Morgan fingerprint density at radius 3 is 2.33 bits per heavy atom. The van der Waals surface area contributed by atoms with Gasteiger partial charge in [-0.2, -0.15) is 0 Å². The van der Waals surface area contributed by atoms with E-state index in [-0.39, 0.29) is 17.3 Å². The van der Waals surface area contributed by atoms with Crippen LogP contribution in [0.4, 0.5) is 17.1 Å². The van der Waals surface area contributed by atoms with E-state index < -0.39 is 21.8 Å². The Morgan fingerprint density at radius 1 is 1.25 bits per heavy atom.